The van der Waals surface area contributed by atoms with Gasteiger partial charge in [-0.25, -0.2) is 0 Å². The molecule has 3 N–H and O–H groups in total. The molecular formula is C18H26N4O2S. The van der Waals surface area contributed by atoms with Crippen LogP contribution in [-0.2, 0) is 13.5 Å². The number of hydrogen-bond donors (Lipinski definition) is 3. The van der Waals surface area contributed by atoms with E-state index in [9.17, 15) is 9.90 Å². The zero-order chi connectivity index (χ0) is 18.7. The van der Waals surface area contributed by atoms with Gasteiger partial charge in [0, 0.05) is 20.0 Å². The quantitative estimate of drug-likeness (QED) is 0.688. The number of rotatable bonds is 6. The number of nitrogens with one attached hydrogen (secondary N) is 2. The van der Waals surface area contributed by atoms with Crippen LogP contribution in [0.15, 0.2) is 12.1 Å². The van der Waals surface area contributed by atoms with Crippen molar-refractivity contribution in [3.05, 3.63) is 39.4 Å². The Hall–Kier alpha value is -2.15. The van der Waals surface area contributed by atoms with Crippen LogP contribution in [0.5, 0.6) is 5.75 Å². The average molecular weight is 362 g/mol. The van der Waals surface area contributed by atoms with Gasteiger partial charge in [-0.2, -0.15) is 5.10 Å². The van der Waals surface area contributed by atoms with Gasteiger partial charge >= 0.3 is 0 Å². The van der Waals surface area contributed by atoms with Crippen LogP contribution >= 0.6 is 12.2 Å². The van der Waals surface area contributed by atoms with Crippen molar-refractivity contribution in [2.75, 3.05) is 6.54 Å². The summed E-state index contributed by atoms with van der Waals surface area (Å²) in [4.78, 5) is 12.6. The predicted molar refractivity (Wildman–Crippen MR) is 101 cm³/mol. The highest BCUT2D eigenvalue weighted by Gasteiger charge is 2.19. The van der Waals surface area contributed by atoms with Gasteiger partial charge in [0.25, 0.3) is 5.91 Å². The number of H-pyrrole nitrogens is 1. The zero-order valence-electron chi connectivity index (χ0n) is 15.4. The smallest absolute Gasteiger partial charge is 0.255 e. The van der Waals surface area contributed by atoms with Crippen molar-refractivity contribution >= 4 is 18.1 Å². The lowest BCUT2D eigenvalue weighted by molar-refractivity contribution is 0.0951. The van der Waals surface area contributed by atoms with Crippen molar-refractivity contribution in [3.63, 3.8) is 0 Å². The Morgan fingerprint density at radius 3 is 2.52 bits per heavy atom. The molecule has 0 aliphatic rings. The minimum absolute atomic E-state index is 0.0649. The van der Waals surface area contributed by atoms with Crippen LogP contribution in [0, 0.1) is 4.77 Å². The van der Waals surface area contributed by atoms with E-state index in [1.165, 1.54) is 0 Å². The van der Waals surface area contributed by atoms with Crippen LogP contribution in [0.3, 0.4) is 0 Å². The zero-order valence-corrected chi connectivity index (χ0v) is 16.2. The Kier molecular flexibility index (Phi) is 6.00. The molecule has 1 aromatic carbocycles. The van der Waals surface area contributed by atoms with Gasteiger partial charge in [0.1, 0.15) is 11.6 Å². The fourth-order valence-corrected chi connectivity index (χ4v) is 2.76. The number of carbonyl (C=O) groups is 1. The van der Waals surface area contributed by atoms with Gasteiger partial charge < -0.3 is 15.0 Å². The number of amides is 1. The van der Waals surface area contributed by atoms with Crippen LogP contribution < -0.4 is 5.32 Å². The molecular weight excluding hydrogens is 336 g/mol. The number of phenols is 1. The van der Waals surface area contributed by atoms with E-state index in [2.05, 4.69) is 29.4 Å². The Morgan fingerprint density at radius 1 is 1.32 bits per heavy atom. The molecule has 2 aromatic rings. The highest BCUT2D eigenvalue weighted by Crippen LogP contribution is 2.32. The molecule has 1 aromatic heterocycles. The second kappa shape index (κ2) is 7.82. The van der Waals surface area contributed by atoms with Crippen LogP contribution in [0.25, 0.3) is 0 Å². The second-order valence-electron chi connectivity index (χ2n) is 6.83. The maximum Gasteiger partial charge on any atom is 0.255 e. The Balaban J connectivity index is 2.17. The summed E-state index contributed by atoms with van der Waals surface area (Å²) < 4.78 is 2.32. The number of hydrogen-bond acceptors (Lipinski definition) is 4. The molecule has 0 saturated carbocycles. The van der Waals surface area contributed by atoms with E-state index >= 15 is 0 Å². The molecule has 2 rings (SSSR count). The van der Waals surface area contributed by atoms with Gasteiger partial charge in [-0.05, 0) is 41.2 Å². The molecule has 0 aliphatic heterocycles. The maximum atomic E-state index is 12.6. The number of carbonyl (C=O) groups excluding carboxylic acids is 1. The molecule has 0 fully saturated rings. The third kappa shape index (κ3) is 4.28. The standard InChI is InChI=1S/C18H26N4O2S/c1-10(2)12-8-13(11(3)4)16(23)14(9-12)17(24)19-7-6-15-20-21-18(25)22(15)5/h8-11,23H,6-7H2,1-5H3,(H,19,24)(H,21,25). The molecule has 7 heteroatoms. The van der Waals surface area contributed by atoms with E-state index < -0.39 is 0 Å². The monoisotopic (exact) mass is 362 g/mol. The number of aromatic nitrogens is 3. The molecule has 0 radical (unpaired) electrons. The Morgan fingerprint density at radius 2 is 2.00 bits per heavy atom. The van der Waals surface area contributed by atoms with E-state index in [1.807, 2.05) is 27.0 Å². The highest BCUT2D eigenvalue weighted by molar-refractivity contribution is 7.71. The van der Waals surface area contributed by atoms with Gasteiger partial charge in [0.05, 0.1) is 5.56 Å². The topological polar surface area (TPSA) is 82.9 Å². The third-order valence-electron chi connectivity index (χ3n) is 4.30. The summed E-state index contributed by atoms with van der Waals surface area (Å²) in [5, 5.41) is 20.2. The summed E-state index contributed by atoms with van der Waals surface area (Å²) in [5.41, 5.74) is 2.16. The summed E-state index contributed by atoms with van der Waals surface area (Å²) in [6.45, 7) is 8.56. The summed E-state index contributed by atoms with van der Waals surface area (Å²) in [6.07, 6.45) is 0.553. The molecule has 0 saturated heterocycles. The van der Waals surface area contributed by atoms with Gasteiger partial charge in [-0.1, -0.05) is 33.8 Å². The molecule has 0 bridgehead atoms. The van der Waals surface area contributed by atoms with Crippen molar-refractivity contribution in [3.8, 4) is 5.75 Å². The van der Waals surface area contributed by atoms with E-state index in [4.69, 9.17) is 12.2 Å². The number of benzene rings is 1. The minimum Gasteiger partial charge on any atom is -0.507 e. The highest BCUT2D eigenvalue weighted by atomic mass is 32.1. The molecule has 0 aliphatic carbocycles. The largest absolute Gasteiger partial charge is 0.507 e. The lowest BCUT2D eigenvalue weighted by atomic mass is 9.91. The molecule has 25 heavy (non-hydrogen) atoms. The normalized spacial score (nSPS) is 11.3. The van der Waals surface area contributed by atoms with Gasteiger partial charge in [-0.15, -0.1) is 0 Å². The second-order valence-corrected chi connectivity index (χ2v) is 7.21. The summed E-state index contributed by atoms with van der Waals surface area (Å²) in [6, 6.07) is 3.76. The average Bonchev–Trinajstić information content (AvgIpc) is 2.86. The Labute approximate surface area is 153 Å². The van der Waals surface area contributed by atoms with Crippen molar-refractivity contribution in [1.82, 2.24) is 20.1 Å². The molecule has 0 atom stereocenters. The first-order valence-corrected chi connectivity index (χ1v) is 8.88. The third-order valence-corrected chi connectivity index (χ3v) is 4.67. The number of aromatic amines is 1. The van der Waals surface area contributed by atoms with Gasteiger partial charge in [0.2, 0.25) is 0 Å². The predicted octanol–water partition coefficient (Wildman–Crippen LogP) is 3.40. The van der Waals surface area contributed by atoms with Crippen LogP contribution in [-0.4, -0.2) is 32.3 Å². The van der Waals surface area contributed by atoms with Crippen LogP contribution in [0.2, 0.25) is 0 Å². The molecule has 0 unspecified atom stereocenters. The first-order valence-electron chi connectivity index (χ1n) is 8.47. The van der Waals surface area contributed by atoms with Crippen LogP contribution in [0.4, 0.5) is 0 Å². The lowest BCUT2D eigenvalue weighted by Gasteiger charge is -2.17. The molecule has 136 valence electrons. The van der Waals surface area contributed by atoms with E-state index in [0.29, 0.717) is 23.3 Å². The molecule has 1 heterocycles. The molecule has 0 spiro atoms. The van der Waals surface area contributed by atoms with Crippen molar-refractivity contribution < 1.29 is 9.90 Å². The maximum absolute atomic E-state index is 12.6. The van der Waals surface area contributed by atoms with Gasteiger partial charge in [-0.3, -0.25) is 9.89 Å². The lowest BCUT2D eigenvalue weighted by Crippen LogP contribution is -2.27. The SMILES string of the molecule is CC(C)c1cc(C(=O)NCCc2n[nH]c(=S)n2C)c(O)c(C(C)C)c1. The fourth-order valence-electron chi connectivity index (χ4n) is 2.61. The Bertz CT molecular complexity index is 821. The van der Waals surface area contributed by atoms with Gasteiger partial charge in [0.15, 0.2) is 4.77 Å². The van der Waals surface area contributed by atoms with Crippen LogP contribution in [0.1, 0.15) is 66.8 Å². The fraction of sp³-hybridized carbons (Fsp3) is 0.500. The molecule has 6 nitrogen and oxygen atoms in total. The molecule has 1 amide bonds. The number of nitrogens with zero attached hydrogens (tertiary/aromatic N) is 2. The summed E-state index contributed by atoms with van der Waals surface area (Å²) in [7, 11) is 1.83. The summed E-state index contributed by atoms with van der Waals surface area (Å²) in [5.74, 6) is 0.971. The van der Waals surface area contributed by atoms with Crippen molar-refractivity contribution in [1.29, 1.82) is 0 Å². The number of phenolic OH excluding ortho intramolecular Hbond substituents is 1. The minimum atomic E-state index is -0.279. The first-order chi connectivity index (χ1) is 11.7. The summed E-state index contributed by atoms with van der Waals surface area (Å²) >= 11 is 5.07. The van der Waals surface area contributed by atoms with Crippen molar-refractivity contribution in [2.24, 2.45) is 7.05 Å². The van der Waals surface area contributed by atoms with E-state index in [0.717, 1.165) is 17.0 Å². The number of aromatic hydroxyl groups is 1. The van der Waals surface area contributed by atoms with E-state index in [-0.39, 0.29) is 23.5 Å². The van der Waals surface area contributed by atoms with Crippen molar-refractivity contribution in [2.45, 2.75) is 46.0 Å². The van der Waals surface area contributed by atoms with E-state index in [1.54, 1.807) is 10.6 Å². The first kappa shape index (κ1) is 19.2.